The number of para-hydroxylation sites is 1. The number of aryl methyl sites for hydroxylation is 1. The Hall–Kier alpha value is -4.79. The number of nitrogens with one attached hydrogen (secondary N) is 2. The number of aromatic nitrogens is 3. The minimum Gasteiger partial charge on any atom is -0.463 e. The quantitative estimate of drug-likeness (QED) is 0.417. The van der Waals surface area contributed by atoms with E-state index in [2.05, 4.69) is 20.8 Å². The molecule has 1 aromatic carbocycles. The van der Waals surface area contributed by atoms with E-state index < -0.39 is 17.4 Å². The van der Waals surface area contributed by atoms with E-state index in [1.807, 2.05) is 13.0 Å². The third-order valence-corrected chi connectivity index (χ3v) is 5.13. The number of benzene rings is 1. The van der Waals surface area contributed by atoms with Gasteiger partial charge in [0.1, 0.15) is 16.9 Å². The highest BCUT2D eigenvalue weighted by atomic mass is 16.3. The van der Waals surface area contributed by atoms with Gasteiger partial charge >= 0.3 is 0 Å². The van der Waals surface area contributed by atoms with Gasteiger partial charge in [-0.3, -0.25) is 29.6 Å². The third-order valence-electron chi connectivity index (χ3n) is 5.13. The summed E-state index contributed by atoms with van der Waals surface area (Å²) in [6.07, 6.45) is 4.26. The molecule has 0 spiro atoms. The number of pyridine rings is 2. The Balaban J connectivity index is 1.43. The van der Waals surface area contributed by atoms with Crippen molar-refractivity contribution >= 4 is 28.4 Å². The van der Waals surface area contributed by atoms with Gasteiger partial charge in [0.15, 0.2) is 5.76 Å². The van der Waals surface area contributed by atoms with Gasteiger partial charge in [-0.2, -0.15) is 0 Å². The molecular formula is C24H17N5O4. The van der Waals surface area contributed by atoms with Crippen molar-refractivity contribution in [3.8, 4) is 11.5 Å². The molecule has 4 aromatic heterocycles. The number of nitrogens with zero attached hydrogens (tertiary/aromatic N) is 3. The average Bonchev–Trinajstić information content (AvgIpc) is 3.37. The molecule has 9 heteroatoms. The van der Waals surface area contributed by atoms with Crippen LogP contribution >= 0.6 is 0 Å². The van der Waals surface area contributed by atoms with Crippen LogP contribution in [0.5, 0.6) is 0 Å². The zero-order valence-electron chi connectivity index (χ0n) is 17.4. The summed E-state index contributed by atoms with van der Waals surface area (Å²) in [6.45, 7) is 1.88. The van der Waals surface area contributed by atoms with Crippen LogP contribution in [0, 0.1) is 6.92 Å². The average molecular weight is 439 g/mol. The van der Waals surface area contributed by atoms with Crippen molar-refractivity contribution < 1.29 is 14.0 Å². The maximum absolute atomic E-state index is 13.0. The molecule has 0 radical (unpaired) electrons. The van der Waals surface area contributed by atoms with Crippen LogP contribution in [0.4, 0.5) is 0 Å². The van der Waals surface area contributed by atoms with E-state index in [1.54, 1.807) is 54.7 Å². The molecule has 162 valence electrons. The first-order chi connectivity index (χ1) is 16.0. The van der Waals surface area contributed by atoms with Crippen molar-refractivity contribution in [3.05, 3.63) is 100 Å². The van der Waals surface area contributed by atoms with E-state index in [9.17, 15) is 14.4 Å². The molecule has 4 heterocycles. The normalized spacial score (nSPS) is 10.9. The van der Waals surface area contributed by atoms with E-state index >= 15 is 0 Å². The van der Waals surface area contributed by atoms with Crippen LogP contribution in [0.3, 0.4) is 0 Å². The zero-order chi connectivity index (χ0) is 22.9. The molecule has 0 unspecified atom stereocenters. The van der Waals surface area contributed by atoms with Gasteiger partial charge in [0.05, 0.1) is 17.3 Å². The summed E-state index contributed by atoms with van der Waals surface area (Å²) in [6, 6.07) is 15.7. The smallest absolute Gasteiger partial charge is 0.276 e. The maximum atomic E-state index is 13.0. The highest BCUT2D eigenvalue weighted by molar-refractivity contribution is 6.08. The summed E-state index contributed by atoms with van der Waals surface area (Å²) < 4.78 is 6.68. The fourth-order valence-corrected chi connectivity index (χ4v) is 3.49. The summed E-state index contributed by atoms with van der Waals surface area (Å²) in [5, 5.41) is 0.599. The Labute approximate surface area is 186 Å². The third kappa shape index (κ3) is 3.72. The van der Waals surface area contributed by atoms with Crippen LogP contribution in [0.15, 0.2) is 82.5 Å². The second-order valence-corrected chi connectivity index (χ2v) is 7.37. The van der Waals surface area contributed by atoms with Gasteiger partial charge < -0.3 is 4.42 Å². The highest BCUT2D eigenvalue weighted by Gasteiger charge is 2.18. The number of hydrogen-bond acceptors (Lipinski definition) is 6. The van der Waals surface area contributed by atoms with E-state index in [0.717, 1.165) is 5.56 Å². The van der Waals surface area contributed by atoms with Crippen LogP contribution in [0.2, 0.25) is 0 Å². The molecule has 2 N–H and O–H groups in total. The summed E-state index contributed by atoms with van der Waals surface area (Å²) in [4.78, 5) is 47.0. The number of carbonyl (C=O) groups excluding carboxylic acids is 2. The van der Waals surface area contributed by atoms with Crippen molar-refractivity contribution in [2.45, 2.75) is 6.92 Å². The second kappa shape index (κ2) is 8.04. The molecule has 0 atom stereocenters. The van der Waals surface area contributed by atoms with Crippen molar-refractivity contribution in [2.24, 2.45) is 0 Å². The fraction of sp³-hybridized carbons (Fsp3) is 0.0417. The lowest BCUT2D eigenvalue weighted by Crippen LogP contribution is -2.43. The largest absolute Gasteiger partial charge is 0.463 e. The Morgan fingerprint density at radius 3 is 2.55 bits per heavy atom. The molecule has 33 heavy (non-hydrogen) atoms. The minimum absolute atomic E-state index is 0.201. The van der Waals surface area contributed by atoms with Crippen LogP contribution in [0.25, 0.3) is 28.0 Å². The molecule has 9 nitrogen and oxygen atoms in total. The lowest BCUT2D eigenvalue weighted by atomic mass is 10.1. The minimum atomic E-state index is -0.777. The van der Waals surface area contributed by atoms with Gasteiger partial charge in [-0.05, 0) is 48.9 Å². The molecule has 0 aliphatic carbocycles. The molecule has 0 aliphatic rings. The topological polar surface area (TPSA) is 119 Å². The number of amides is 2. The summed E-state index contributed by atoms with van der Waals surface area (Å²) in [7, 11) is 0. The zero-order valence-corrected chi connectivity index (χ0v) is 17.4. The first-order valence-electron chi connectivity index (χ1n) is 10.0. The Morgan fingerprint density at radius 1 is 0.970 bits per heavy atom. The van der Waals surface area contributed by atoms with Gasteiger partial charge in [0, 0.05) is 17.8 Å². The number of rotatable bonds is 3. The molecule has 0 aliphatic heterocycles. The van der Waals surface area contributed by atoms with E-state index in [-0.39, 0.29) is 11.1 Å². The predicted molar refractivity (Wildman–Crippen MR) is 121 cm³/mol. The van der Waals surface area contributed by atoms with Crippen LogP contribution in [-0.4, -0.2) is 26.2 Å². The number of fused-ring (bicyclic) bond motifs is 2. The van der Waals surface area contributed by atoms with Gasteiger partial charge in [0.2, 0.25) is 0 Å². The molecule has 0 fully saturated rings. The molecule has 0 saturated heterocycles. The monoisotopic (exact) mass is 439 g/mol. The summed E-state index contributed by atoms with van der Waals surface area (Å²) >= 11 is 0. The first-order valence-corrected chi connectivity index (χ1v) is 10.0. The van der Waals surface area contributed by atoms with Gasteiger partial charge in [-0.15, -0.1) is 0 Å². The lowest BCUT2D eigenvalue weighted by molar-refractivity contribution is 0.0846. The maximum Gasteiger partial charge on any atom is 0.276 e. The molecule has 5 aromatic rings. The van der Waals surface area contributed by atoms with Gasteiger partial charge in [-0.25, -0.2) is 9.97 Å². The molecule has 0 saturated carbocycles. The van der Waals surface area contributed by atoms with Crippen molar-refractivity contribution in [1.29, 1.82) is 0 Å². The Kier molecular flexibility index (Phi) is 4.91. The molecular weight excluding hydrogens is 422 g/mol. The second-order valence-electron chi connectivity index (χ2n) is 7.37. The number of hydrazine groups is 1. The summed E-state index contributed by atoms with van der Waals surface area (Å²) in [5.74, 6) is -0.844. The Morgan fingerprint density at radius 2 is 1.76 bits per heavy atom. The molecule has 5 rings (SSSR count). The Bertz CT molecular complexity index is 1590. The van der Waals surface area contributed by atoms with Crippen molar-refractivity contribution in [2.75, 3.05) is 0 Å². The first kappa shape index (κ1) is 20.1. The standard InChI is InChI=1S/C24H17N5O4/c1-14-8-9-29-21(11-14)25-13-17(24(29)32)23(31)28-27-22(30)16-12-19(20-7-4-10-33-20)26-18-6-3-2-5-15(16)18/h2-13H,1H3,(H,27,30)(H,28,31). The van der Waals surface area contributed by atoms with Crippen LogP contribution in [0.1, 0.15) is 26.3 Å². The number of hydrogen-bond donors (Lipinski definition) is 2. The van der Waals surface area contributed by atoms with E-state index in [4.69, 9.17) is 4.42 Å². The highest BCUT2D eigenvalue weighted by Crippen LogP contribution is 2.25. The SMILES string of the molecule is Cc1ccn2c(=O)c(C(=O)NNC(=O)c3cc(-c4ccco4)nc4ccccc34)cnc2c1. The predicted octanol–water partition coefficient (Wildman–Crippen LogP) is 2.89. The van der Waals surface area contributed by atoms with E-state index in [1.165, 1.54) is 16.9 Å². The van der Waals surface area contributed by atoms with Crippen LogP contribution < -0.4 is 16.4 Å². The van der Waals surface area contributed by atoms with Gasteiger partial charge in [0.25, 0.3) is 17.4 Å². The van der Waals surface area contributed by atoms with Crippen molar-refractivity contribution in [1.82, 2.24) is 25.2 Å². The molecule has 0 bridgehead atoms. The van der Waals surface area contributed by atoms with E-state index in [0.29, 0.717) is 28.0 Å². The number of carbonyl (C=O) groups is 2. The van der Waals surface area contributed by atoms with Gasteiger partial charge in [-0.1, -0.05) is 18.2 Å². The summed E-state index contributed by atoms with van der Waals surface area (Å²) in [5.41, 5.74) is 6.64. The molecule has 2 amide bonds. The van der Waals surface area contributed by atoms with Crippen LogP contribution in [-0.2, 0) is 0 Å². The van der Waals surface area contributed by atoms with Crippen molar-refractivity contribution in [3.63, 3.8) is 0 Å². The lowest BCUT2D eigenvalue weighted by Gasteiger charge is -2.11. The fourth-order valence-electron chi connectivity index (χ4n) is 3.49. The number of furan rings is 1.